The first-order valence-electron chi connectivity index (χ1n) is 10.1. The Labute approximate surface area is 183 Å². The Kier molecular flexibility index (Phi) is 7.31. The fourth-order valence-electron chi connectivity index (χ4n) is 3.41. The number of alkyl halides is 3. The molecule has 8 nitrogen and oxygen atoms in total. The molecule has 172 valence electrons. The second kappa shape index (κ2) is 9.96. The van der Waals surface area contributed by atoms with Gasteiger partial charge in [0.1, 0.15) is 17.6 Å². The van der Waals surface area contributed by atoms with E-state index in [-0.39, 0.29) is 23.4 Å². The molecule has 1 aliphatic heterocycles. The van der Waals surface area contributed by atoms with Gasteiger partial charge in [-0.2, -0.15) is 18.2 Å². The molecule has 11 heteroatoms. The predicted molar refractivity (Wildman–Crippen MR) is 115 cm³/mol. The van der Waals surface area contributed by atoms with Crippen LogP contribution >= 0.6 is 0 Å². The summed E-state index contributed by atoms with van der Waals surface area (Å²) >= 11 is 0. The highest BCUT2D eigenvalue weighted by atomic mass is 19.4. The number of carbonyl (C=O) groups is 1. The Balaban J connectivity index is 1.88. The number of aliphatic hydroxyl groups excluding tert-OH is 1. The van der Waals surface area contributed by atoms with E-state index in [1.807, 2.05) is 4.90 Å². The molecule has 1 aromatic carbocycles. The minimum atomic E-state index is -4.69. The topological polar surface area (TPSA) is 102 Å². The van der Waals surface area contributed by atoms with E-state index in [4.69, 9.17) is 0 Å². The zero-order valence-electron chi connectivity index (χ0n) is 17.5. The smallest absolute Gasteiger partial charge is 0.379 e. The maximum Gasteiger partial charge on any atom is 0.421 e. The predicted octanol–water partition coefficient (Wildman–Crippen LogP) is 3.58. The number of anilines is 4. The van der Waals surface area contributed by atoms with Crippen molar-refractivity contribution in [1.82, 2.24) is 14.9 Å². The summed E-state index contributed by atoms with van der Waals surface area (Å²) in [7, 11) is 0. The van der Waals surface area contributed by atoms with Gasteiger partial charge in [0.2, 0.25) is 11.9 Å². The molecule has 0 radical (unpaired) electrons. The molecule has 0 bridgehead atoms. The number of hydrogen-bond donors (Lipinski definition) is 4. The second-order valence-electron chi connectivity index (χ2n) is 7.43. The van der Waals surface area contributed by atoms with Gasteiger partial charge < -0.3 is 21.1 Å². The molecule has 32 heavy (non-hydrogen) atoms. The maximum absolute atomic E-state index is 13.6. The molecule has 1 aromatic heterocycles. The Hall–Kier alpha value is -3.18. The van der Waals surface area contributed by atoms with Gasteiger partial charge in [-0.15, -0.1) is 0 Å². The van der Waals surface area contributed by atoms with Crippen molar-refractivity contribution < 1.29 is 23.1 Å². The Morgan fingerprint density at radius 1 is 1.34 bits per heavy atom. The van der Waals surface area contributed by atoms with E-state index in [9.17, 15) is 23.1 Å². The number of aliphatic hydroxyl groups is 1. The number of carbonyl (C=O) groups excluding carboxylic acids is 1. The normalized spacial score (nSPS) is 18.0. The van der Waals surface area contributed by atoms with Gasteiger partial charge in [-0.05, 0) is 38.0 Å². The van der Waals surface area contributed by atoms with Gasteiger partial charge in [-0.3, -0.25) is 9.69 Å². The van der Waals surface area contributed by atoms with E-state index in [1.165, 1.54) is 6.07 Å². The standard InChI is InChI=1S/C21H25F3N6O2/c1-3-18(32)27-16-8-4-5-9-17(16)28-19-15(21(22,23)24)11-25-20(29-19)26-14-7-6-10-30(12-14)13(2)31/h3-5,8-9,11,13-14,31H,1,6-7,10,12H2,2H3,(H,27,32)(H2,25,26,28,29)/t13?,14-/m0/s1. The molecule has 3 rings (SSSR count). The number of nitrogens with zero attached hydrogens (tertiary/aromatic N) is 3. The van der Waals surface area contributed by atoms with Gasteiger partial charge in [0.15, 0.2) is 0 Å². The summed E-state index contributed by atoms with van der Waals surface area (Å²) in [5, 5.41) is 18.1. The van der Waals surface area contributed by atoms with Crippen LogP contribution in [0.25, 0.3) is 0 Å². The average Bonchev–Trinajstić information content (AvgIpc) is 2.74. The fraction of sp³-hybridized carbons (Fsp3) is 0.381. The van der Waals surface area contributed by atoms with Crippen LogP contribution in [0.1, 0.15) is 25.3 Å². The number of piperidine rings is 1. The molecule has 1 saturated heterocycles. The molecule has 2 aromatic rings. The first kappa shape index (κ1) is 23.5. The number of para-hydroxylation sites is 2. The van der Waals surface area contributed by atoms with E-state index >= 15 is 0 Å². The zero-order chi connectivity index (χ0) is 23.3. The lowest BCUT2D eigenvalue weighted by atomic mass is 10.1. The number of aromatic nitrogens is 2. The van der Waals surface area contributed by atoms with Crippen molar-refractivity contribution in [2.75, 3.05) is 29.0 Å². The molecule has 0 aliphatic carbocycles. The molecule has 1 amide bonds. The lowest BCUT2D eigenvalue weighted by molar-refractivity contribution is -0.137. The molecule has 1 aliphatic rings. The van der Waals surface area contributed by atoms with Crippen LogP contribution < -0.4 is 16.0 Å². The SMILES string of the molecule is C=CC(=O)Nc1ccccc1Nc1nc(N[C@H]2CCCN(C(C)O)C2)ncc1C(F)(F)F. The summed E-state index contributed by atoms with van der Waals surface area (Å²) in [5.74, 6) is -0.913. The number of likely N-dealkylation sites (tertiary alicyclic amines) is 1. The van der Waals surface area contributed by atoms with Gasteiger partial charge in [-0.1, -0.05) is 18.7 Å². The molecule has 2 atom stereocenters. The van der Waals surface area contributed by atoms with Crippen LogP contribution in [-0.4, -0.2) is 51.2 Å². The summed E-state index contributed by atoms with van der Waals surface area (Å²) in [6.07, 6.45) is -1.93. The third-order valence-electron chi connectivity index (χ3n) is 5.03. The van der Waals surface area contributed by atoms with E-state index in [0.717, 1.165) is 31.7 Å². The molecular formula is C21H25F3N6O2. The summed E-state index contributed by atoms with van der Waals surface area (Å²) < 4.78 is 40.8. The van der Waals surface area contributed by atoms with Crippen molar-refractivity contribution in [3.63, 3.8) is 0 Å². The van der Waals surface area contributed by atoms with Gasteiger partial charge >= 0.3 is 6.18 Å². The number of halogens is 3. The third-order valence-corrected chi connectivity index (χ3v) is 5.03. The quantitative estimate of drug-likeness (QED) is 0.478. The van der Waals surface area contributed by atoms with Crippen LogP contribution in [0.4, 0.5) is 36.3 Å². The molecule has 0 saturated carbocycles. The van der Waals surface area contributed by atoms with Crippen LogP contribution in [0.15, 0.2) is 43.1 Å². The molecule has 1 fully saturated rings. The molecular weight excluding hydrogens is 425 g/mol. The minimum Gasteiger partial charge on any atom is -0.379 e. The van der Waals surface area contributed by atoms with E-state index in [1.54, 1.807) is 25.1 Å². The molecule has 2 heterocycles. The number of nitrogens with one attached hydrogen (secondary N) is 3. The highest BCUT2D eigenvalue weighted by molar-refractivity contribution is 6.01. The van der Waals surface area contributed by atoms with Gasteiger partial charge in [0, 0.05) is 25.3 Å². The van der Waals surface area contributed by atoms with Crippen LogP contribution in [0.2, 0.25) is 0 Å². The van der Waals surface area contributed by atoms with Crippen LogP contribution in [0, 0.1) is 0 Å². The molecule has 4 N–H and O–H groups in total. The highest BCUT2D eigenvalue weighted by Crippen LogP contribution is 2.36. The highest BCUT2D eigenvalue weighted by Gasteiger charge is 2.36. The summed E-state index contributed by atoms with van der Waals surface area (Å²) in [5.41, 5.74) is -0.531. The first-order chi connectivity index (χ1) is 15.2. The van der Waals surface area contributed by atoms with Crippen LogP contribution in [-0.2, 0) is 11.0 Å². The van der Waals surface area contributed by atoms with Crippen molar-refractivity contribution >= 4 is 29.0 Å². The number of hydrogen-bond acceptors (Lipinski definition) is 7. The van der Waals surface area contributed by atoms with Crippen molar-refractivity contribution in [1.29, 1.82) is 0 Å². The Morgan fingerprint density at radius 3 is 2.72 bits per heavy atom. The van der Waals surface area contributed by atoms with Crippen molar-refractivity contribution in [2.24, 2.45) is 0 Å². The third kappa shape index (κ3) is 5.95. The van der Waals surface area contributed by atoms with E-state index < -0.39 is 29.7 Å². The van der Waals surface area contributed by atoms with Crippen LogP contribution in [0.5, 0.6) is 0 Å². The maximum atomic E-state index is 13.6. The average molecular weight is 450 g/mol. The lowest BCUT2D eigenvalue weighted by Gasteiger charge is -2.34. The Morgan fingerprint density at radius 2 is 2.06 bits per heavy atom. The number of rotatable bonds is 7. The van der Waals surface area contributed by atoms with E-state index in [0.29, 0.717) is 6.54 Å². The first-order valence-corrected chi connectivity index (χ1v) is 10.1. The molecule has 0 spiro atoms. The number of amides is 1. The summed E-state index contributed by atoms with van der Waals surface area (Å²) in [6.45, 7) is 6.29. The zero-order valence-corrected chi connectivity index (χ0v) is 17.5. The fourth-order valence-corrected chi connectivity index (χ4v) is 3.41. The minimum absolute atomic E-state index is 0.0329. The largest absolute Gasteiger partial charge is 0.421 e. The number of benzene rings is 1. The summed E-state index contributed by atoms with van der Waals surface area (Å²) in [4.78, 5) is 21.5. The summed E-state index contributed by atoms with van der Waals surface area (Å²) in [6, 6.07) is 6.20. The van der Waals surface area contributed by atoms with Crippen molar-refractivity contribution in [3.05, 3.63) is 48.7 Å². The van der Waals surface area contributed by atoms with Crippen LogP contribution in [0.3, 0.4) is 0 Å². The van der Waals surface area contributed by atoms with Gasteiger partial charge in [0.05, 0.1) is 11.4 Å². The lowest BCUT2D eigenvalue weighted by Crippen LogP contribution is -2.46. The van der Waals surface area contributed by atoms with Crippen molar-refractivity contribution in [3.8, 4) is 0 Å². The molecule has 1 unspecified atom stereocenters. The second-order valence-corrected chi connectivity index (χ2v) is 7.43. The van der Waals surface area contributed by atoms with E-state index in [2.05, 4.69) is 32.5 Å². The van der Waals surface area contributed by atoms with Crippen molar-refractivity contribution in [2.45, 2.75) is 38.2 Å². The Bertz CT molecular complexity index is 967. The van der Waals surface area contributed by atoms with Gasteiger partial charge in [0.25, 0.3) is 0 Å². The monoisotopic (exact) mass is 450 g/mol. The van der Waals surface area contributed by atoms with Gasteiger partial charge in [-0.25, -0.2) is 4.98 Å².